The van der Waals surface area contributed by atoms with E-state index < -0.39 is 10.0 Å². The first-order valence-corrected chi connectivity index (χ1v) is 13.3. The van der Waals surface area contributed by atoms with Gasteiger partial charge >= 0.3 is 0 Å². The Morgan fingerprint density at radius 3 is 2.56 bits per heavy atom. The first-order chi connectivity index (χ1) is 15.4. The SMILES string of the molecule is CS(=O)(=O)N[C@H]1CCN(c2cncc(CO)c2)[C@H]1COC1CCC(c2ccccc2)CC1. The maximum atomic E-state index is 11.9. The predicted octanol–water partition coefficient (Wildman–Crippen LogP) is 2.81. The molecule has 0 bridgehead atoms. The Balaban J connectivity index is 1.41. The lowest BCUT2D eigenvalue weighted by Crippen LogP contribution is -2.48. The summed E-state index contributed by atoms with van der Waals surface area (Å²) in [6.45, 7) is 1.08. The molecule has 32 heavy (non-hydrogen) atoms. The lowest BCUT2D eigenvalue weighted by atomic mass is 9.83. The topological polar surface area (TPSA) is 91.8 Å². The summed E-state index contributed by atoms with van der Waals surface area (Å²) in [6.07, 6.45) is 9.74. The van der Waals surface area contributed by atoms with Gasteiger partial charge in [-0.15, -0.1) is 0 Å². The van der Waals surface area contributed by atoms with Crippen LogP contribution in [0.25, 0.3) is 0 Å². The largest absolute Gasteiger partial charge is 0.392 e. The van der Waals surface area contributed by atoms with E-state index in [1.807, 2.05) is 6.07 Å². The van der Waals surface area contributed by atoms with E-state index in [9.17, 15) is 13.5 Å². The van der Waals surface area contributed by atoms with Crippen LogP contribution in [0.3, 0.4) is 0 Å². The Morgan fingerprint density at radius 1 is 1.12 bits per heavy atom. The van der Waals surface area contributed by atoms with Crippen molar-refractivity contribution in [2.45, 2.75) is 62.8 Å². The van der Waals surface area contributed by atoms with Crippen LogP contribution in [0.1, 0.15) is 49.1 Å². The highest BCUT2D eigenvalue weighted by Crippen LogP contribution is 2.34. The number of hydrogen-bond donors (Lipinski definition) is 2. The standard InChI is InChI=1S/C24H33N3O4S/c1-32(29,30)26-23-11-12-27(21-13-18(16-28)14-25-15-21)24(23)17-31-22-9-7-20(8-10-22)19-5-3-2-4-6-19/h2-6,13-15,20,22-24,26,28H,7-12,16-17H2,1H3/t20?,22?,23-,24-/m0/s1. The third-order valence-electron chi connectivity index (χ3n) is 6.65. The van der Waals surface area contributed by atoms with Crippen molar-refractivity contribution < 1.29 is 18.3 Å². The van der Waals surface area contributed by atoms with Crippen molar-refractivity contribution in [2.24, 2.45) is 0 Å². The molecule has 1 saturated carbocycles. The number of nitrogens with zero attached hydrogens (tertiary/aromatic N) is 2. The van der Waals surface area contributed by atoms with Gasteiger partial charge in [0.15, 0.2) is 0 Å². The van der Waals surface area contributed by atoms with Crippen LogP contribution in [0.2, 0.25) is 0 Å². The molecule has 1 aliphatic carbocycles. The molecule has 2 aliphatic rings. The molecule has 0 spiro atoms. The number of benzene rings is 1. The van der Waals surface area contributed by atoms with Crippen LogP contribution in [0.5, 0.6) is 0 Å². The quantitative estimate of drug-likeness (QED) is 0.631. The summed E-state index contributed by atoms with van der Waals surface area (Å²) in [5, 5.41) is 9.48. The molecule has 4 rings (SSSR count). The fraction of sp³-hybridized carbons (Fsp3) is 0.542. The first kappa shape index (κ1) is 23.2. The van der Waals surface area contributed by atoms with Gasteiger partial charge in [-0.25, -0.2) is 13.1 Å². The minimum Gasteiger partial charge on any atom is -0.392 e. The first-order valence-electron chi connectivity index (χ1n) is 11.4. The molecule has 1 aliphatic heterocycles. The van der Waals surface area contributed by atoms with Gasteiger partial charge in [0.25, 0.3) is 0 Å². The lowest BCUT2D eigenvalue weighted by Gasteiger charge is -2.33. The highest BCUT2D eigenvalue weighted by Gasteiger charge is 2.37. The molecule has 1 saturated heterocycles. The van der Waals surface area contributed by atoms with Crippen LogP contribution < -0.4 is 9.62 Å². The third-order valence-corrected chi connectivity index (χ3v) is 7.38. The molecule has 1 aromatic carbocycles. The van der Waals surface area contributed by atoms with Crippen LogP contribution in [0.15, 0.2) is 48.8 Å². The van der Waals surface area contributed by atoms with Crippen molar-refractivity contribution >= 4 is 15.7 Å². The molecule has 0 radical (unpaired) electrons. The molecule has 0 unspecified atom stereocenters. The molecule has 2 fully saturated rings. The number of sulfonamides is 1. The summed E-state index contributed by atoms with van der Waals surface area (Å²) in [4.78, 5) is 6.40. The zero-order chi connectivity index (χ0) is 22.6. The maximum absolute atomic E-state index is 11.9. The predicted molar refractivity (Wildman–Crippen MR) is 125 cm³/mol. The molecule has 2 atom stereocenters. The van der Waals surface area contributed by atoms with E-state index in [1.165, 1.54) is 11.8 Å². The van der Waals surface area contributed by atoms with Gasteiger partial charge in [-0.3, -0.25) is 4.98 Å². The number of pyridine rings is 1. The van der Waals surface area contributed by atoms with Gasteiger partial charge in [0.05, 0.1) is 43.5 Å². The van der Waals surface area contributed by atoms with Gasteiger partial charge in [-0.05, 0) is 55.2 Å². The number of anilines is 1. The van der Waals surface area contributed by atoms with Crippen LogP contribution in [-0.4, -0.2) is 56.1 Å². The number of aliphatic hydroxyl groups is 1. The summed E-state index contributed by atoms with van der Waals surface area (Å²) in [5.74, 6) is 0.589. The van der Waals surface area contributed by atoms with E-state index in [2.05, 4.69) is 44.9 Å². The highest BCUT2D eigenvalue weighted by atomic mass is 32.2. The average Bonchev–Trinajstić information content (AvgIpc) is 3.19. The molecule has 1 aromatic heterocycles. The van der Waals surface area contributed by atoms with Crippen LogP contribution in [0, 0.1) is 0 Å². The summed E-state index contributed by atoms with van der Waals surface area (Å²) >= 11 is 0. The Labute approximate surface area is 190 Å². The smallest absolute Gasteiger partial charge is 0.209 e. The molecule has 7 nitrogen and oxygen atoms in total. The lowest BCUT2D eigenvalue weighted by molar-refractivity contribution is 0.0157. The highest BCUT2D eigenvalue weighted by molar-refractivity contribution is 7.88. The van der Waals surface area contributed by atoms with Crippen LogP contribution in [-0.2, 0) is 21.4 Å². The van der Waals surface area contributed by atoms with Gasteiger partial charge in [-0.2, -0.15) is 0 Å². The zero-order valence-corrected chi connectivity index (χ0v) is 19.4. The van der Waals surface area contributed by atoms with Gasteiger partial charge in [0.1, 0.15) is 0 Å². The van der Waals surface area contributed by atoms with Crippen molar-refractivity contribution in [3.05, 3.63) is 59.9 Å². The summed E-state index contributed by atoms with van der Waals surface area (Å²) in [7, 11) is -3.33. The van der Waals surface area contributed by atoms with Crippen LogP contribution in [0.4, 0.5) is 5.69 Å². The number of rotatable bonds is 8. The number of aromatic nitrogens is 1. The van der Waals surface area contributed by atoms with Crippen molar-refractivity contribution in [1.29, 1.82) is 0 Å². The van der Waals surface area contributed by atoms with E-state index in [-0.39, 0.29) is 24.8 Å². The second-order valence-corrected chi connectivity index (χ2v) is 10.8. The van der Waals surface area contributed by atoms with E-state index in [0.717, 1.165) is 36.9 Å². The Bertz CT molecular complexity index is 978. The third kappa shape index (κ3) is 5.86. The Kier molecular flexibility index (Phi) is 7.45. The molecule has 2 heterocycles. The van der Waals surface area contributed by atoms with E-state index >= 15 is 0 Å². The Hall–Kier alpha value is -2.00. The van der Waals surface area contributed by atoms with E-state index in [0.29, 0.717) is 25.5 Å². The van der Waals surface area contributed by atoms with Gasteiger partial charge in [0, 0.05) is 18.8 Å². The summed E-state index contributed by atoms with van der Waals surface area (Å²) in [5.41, 5.74) is 3.03. The van der Waals surface area contributed by atoms with Crippen molar-refractivity contribution in [2.75, 3.05) is 24.3 Å². The average molecular weight is 460 g/mol. The second kappa shape index (κ2) is 10.3. The molecule has 2 aromatic rings. The molecule has 8 heteroatoms. The summed E-state index contributed by atoms with van der Waals surface area (Å²) in [6, 6.07) is 12.2. The minimum absolute atomic E-state index is 0.0779. The molecular formula is C24H33N3O4S. The van der Waals surface area contributed by atoms with Crippen molar-refractivity contribution in [3.63, 3.8) is 0 Å². The fourth-order valence-electron chi connectivity index (χ4n) is 5.03. The molecule has 0 amide bonds. The van der Waals surface area contributed by atoms with Crippen molar-refractivity contribution in [1.82, 2.24) is 9.71 Å². The van der Waals surface area contributed by atoms with Gasteiger partial charge in [0.2, 0.25) is 10.0 Å². The Morgan fingerprint density at radius 2 is 1.88 bits per heavy atom. The van der Waals surface area contributed by atoms with E-state index in [4.69, 9.17) is 4.74 Å². The van der Waals surface area contributed by atoms with Crippen LogP contribution >= 0.6 is 0 Å². The fourth-order valence-corrected chi connectivity index (χ4v) is 5.86. The van der Waals surface area contributed by atoms with Gasteiger partial charge < -0.3 is 14.7 Å². The van der Waals surface area contributed by atoms with Crippen molar-refractivity contribution in [3.8, 4) is 0 Å². The minimum atomic E-state index is -3.33. The number of hydrogen-bond acceptors (Lipinski definition) is 6. The number of ether oxygens (including phenoxy) is 1. The molecule has 2 N–H and O–H groups in total. The second-order valence-electron chi connectivity index (χ2n) is 8.97. The zero-order valence-electron chi connectivity index (χ0n) is 18.6. The number of nitrogens with one attached hydrogen (secondary N) is 1. The monoisotopic (exact) mass is 459 g/mol. The maximum Gasteiger partial charge on any atom is 0.209 e. The normalized spacial score (nSPS) is 26.4. The molecule has 174 valence electrons. The molecular weight excluding hydrogens is 426 g/mol. The van der Waals surface area contributed by atoms with Gasteiger partial charge in [-0.1, -0.05) is 30.3 Å². The number of aliphatic hydroxyl groups excluding tert-OH is 1. The van der Waals surface area contributed by atoms with E-state index in [1.54, 1.807) is 12.4 Å². The summed E-state index contributed by atoms with van der Waals surface area (Å²) < 4.78 is 33.0.